The van der Waals surface area contributed by atoms with Crippen LogP contribution in [-0.2, 0) is 25.7 Å². The van der Waals surface area contributed by atoms with E-state index >= 15 is 0 Å². The van der Waals surface area contributed by atoms with Crippen LogP contribution in [0.5, 0.6) is 5.75 Å². The molecule has 3 aliphatic heterocycles. The number of methoxy groups -OCH3 is 2. The molecule has 0 radical (unpaired) electrons. The highest BCUT2D eigenvalue weighted by molar-refractivity contribution is 6.07. The van der Waals surface area contributed by atoms with E-state index in [1.54, 1.807) is 22.9 Å². The Morgan fingerprint density at radius 1 is 0.902 bits per heavy atom. The molecule has 0 aliphatic carbocycles. The molecule has 2 fully saturated rings. The smallest absolute Gasteiger partial charge is 0.407 e. The van der Waals surface area contributed by atoms with Gasteiger partial charge in [-0.2, -0.15) is 0 Å². The summed E-state index contributed by atoms with van der Waals surface area (Å²) >= 11 is 0. The monoisotopic (exact) mass is 836 g/mol. The van der Waals surface area contributed by atoms with Crippen molar-refractivity contribution in [1.29, 1.82) is 0 Å². The number of carbonyl (C=O) groups is 4. The number of rotatable bonds is 10. The van der Waals surface area contributed by atoms with Gasteiger partial charge in [-0.3, -0.25) is 9.59 Å². The molecule has 7 atom stereocenters. The number of nitrogens with one attached hydrogen (secondary N) is 4. The van der Waals surface area contributed by atoms with Gasteiger partial charge in [-0.15, -0.1) is 0 Å². The summed E-state index contributed by atoms with van der Waals surface area (Å²) in [5.41, 5.74) is 4.68. The highest BCUT2D eigenvalue weighted by Crippen LogP contribution is 2.44. The molecule has 0 bridgehead atoms. The van der Waals surface area contributed by atoms with Crippen molar-refractivity contribution in [1.82, 2.24) is 40.4 Å². The van der Waals surface area contributed by atoms with Crippen molar-refractivity contribution in [3.8, 4) is 28.1 Å². The number of hydrogen-bond donors (Lipinski definition) is 6. The molecule has 2 saturated heterocycles. The van der Waals surface area contributed by atoms with Crippen molar-refractivity contribution in [3.63, 3.8) is 0 Å². The molecular weight excluding hydrogens is 785 g/mol. The van der Waals surface area contributed by atoms with Gasteiger partial charge in [0.1, 0.15) is 36.1 Å². The number of aliphatic hydroxyl groups is 1. The summed E-state index contributed by atoms with van der Waals surface area (Å²) < 4.78 is 16.5. The second-order valence-corrected chi connectivity index (χ2v) is 17.0. The van der Waals surface area contributed by atoms with Crippen LogP contribution < -0.4 is 15.4 Å². The Balaban J connectivity index is 1.05. The third-order valence-electron chi connectivity index (χ3n) is 12.5. The van der Waals surface area contributed by atoms with E-state index in [9.17, 15) is 29.4 Å². The summed E-state index contributed by atoms with van der Waals surface area (Å²) in [6.07, 6.45) is 1.77. The van der Waals surface area contributed by atoms with Crippen LogP contribution in [0.15, 0.2) is 48.7 Å². The summed E-state index contributed by atoms with van der Waals surface area (Å²) in [6.45, 7) is 8.86. The van der Waals surface area contributed by atoms with E-state index in [0.29, 0.717) is 31.1 Å². The molecule has 5 heterocycles. The van der Waals surface area contributed by atoms with Crippen LogP contribution in [0.25, 0.3) is 44.2 Å². The summed E-state index contributed by atoms with van der Waals surface area (Å²) in [5, 5.41) is 27.1. The van der Waals surface area contributed by atoms with Crippen LogP contribution in [0.3, 0.4) is 0 Å². The molecule has 3 aliphatic rings. The largest absolute Gasteiger partial charge is 0.488 e. The van der Waals surface area contributed by atoms with Gasteiger partial charge in [0.25, 0.3) is 0 Å². The van der Waals surface area contributed by atoms with Gasteiger partial charge in [0, 0.05) is 30.1 Å². The number of hydrogen-bond acceptors (Lipinski definition) is 10. The van der Waals surface area contributed by atoms with Gasteiger partial charge in [0.2, 0.25) is 11.8 Å². The molecule has 322 valence electrons. The number of ether oxygens (including phenoxy) is 3. The minimum atomic E-state index is -1.55. The van der Waals surface area contributed by atoms with Crippen molar-refractivity contribution >= 4 is 45.8 Å². The van der Waals surface area contributed by atoms with E-state index in [1.165, 1.54) is 28.1 Å². The molecule has 8 rings (SSSR count). The number of fused-ring (bicyclic) bond motifs is 6. The number of imidazole rings is 2. The molecular formula is C44H52N8O9. The van der Waals surface area contributed by atoms with Gasteiger partial charge in [-0.1, -0.05) is 18.2 Å². The molecule has 2 aromatic heterocycles. The van der Waals surface area contributed by atoms with E-state index in [4.69, 9.17) is 24.2 Å². The van der Waals surface area contributed by atoms with Crippen LogP contribution in [0.4, 0.5) is 9.59 Å². The number of likely N-dealkylation sites (tertiary alicyclic amines) is 2. The van der Waals surface area contributed by atoms with Gasteiger partial charge in [0.05, 0.1) is 53.8 Å². The first-order valence-corrected chi connectivity index (χ1v) is 20.6. The predicted molar refractivity (Wildman–Crippen MR) is 225 cm³/mol. The maximum absolute atomic E-state index is 13.9. The molecule has 0 unspecified atom stereocenters. The van der Waals surface area contributed by atoms with E-state index in [0.717, 1.165) is 68.3 Å². The molecule has 0 saturated carbocycles. The Bertz CT molecular complexity index is 2530. The van der Waals surface area contributed by atoms with Gasteiger partial charge in [0.15, 0.2) is 0 Å². The van der Waals surface area contributed by atoms with Gasteiger partial charge < -0.3 is 54.8 Å². The van der Waals surface area contributed by atoms with Crippen molar-refractivity contribution in [3.05, 3.63) is 65.9 Å². The molecule has 61 heavy (non-hydrogen) atoms. The summed E-state index contributed by atoms with van der Waals surface area (Å²) in [6, 6.07) is 11.0. The lowest BCUT2D eigenvalue weighted by Gasteiger charge is -2.36. The van der Waals surface area contributed by atoms with Crippen LogP contribution in [0.1, 0.15) is 89.6 Å². The van der Waals surface area contributed by atoms with Crippen molar-refractivity contribution in [2.75, 3.05) is 14.2 Å². The van der Waals surface area contributed by atoms with Crippen LogP contribution >= 0.6 is 0 Å². The lowest BCUT2D eigenvalue weighted by Crippen LogP contribution is -2.59. The van der Waals surface area contributed by atoms with Crippen LogP contribution in [0.2, 0.25) is 0 Å². The predicted octanol–water partition coefficient (Wildman–Crippen LogP) is 5.94. The standard InChI is InChI=1S/C44H52N8O9/c1-21-9-15-33(51(21)40(53)35(23(3)59-6)49-42(55)56)39-46-30-13-11-24-17-29-27-12-10-25(16-26(27)20-61-34(29)18-28(24)36(30)48-39)31-19-45-38(47-31)32-14-8-22(2)52(32)41(54)37(44(4,5)58)50-43(57)60-7/h10-13,16-19,21-23,32-33,35,37,49,58H,8-9,14-15,20H2,1-7H3,(H,45,47)(H,46,48)(H,50,57)(H,55,56)/t21-,22-,23+,32-,33-,35-,37+/m0/s1. The number of carboxylic acid groups (broad SMARTS) is 1. The number of carbonyl (C=O) groups excluding carboxylic acids is 3. The first-order chi connectivity index (χ1) is 29.1. The lowest BCUT2D eigenvalue weighted by molar-refractivity contribution is -0.142. The highest BCUT2D eigenvalue weighted by Gasteiger charge is 2.45. The second kappa shape index (κ2) is 16.0. The van der Waals surface area contributed by atoms with Crippen molar-refractivity contribution < 1.29 is 43.6 Å². The SMILES string of the molecule is COC(=O)N[C@H](C(=O)N1[C@@H](C)CC[C@H]1c1ncc(-c2ccc3c(c2)COc2cc4c(ccc5nc([C@@H]6CC[C@H](C)N6C(=O)[C@@H](NC(=O)O)[C@@H](C)OC)[nH]c54)cc2-3)[nH]1)C(C)(C)O. The topological polar surface area (TPSA) is 224 Å². The fourth-order valence-electron chi connectivity index (χ4n) is 9.21. The second-order valence-electron chi connectivity index (χ2n) is 17.0. The fraction of sp³-hybridized carbons (Fsp3) is 0.455. The zero-order valence-corrected chi connectivity index (χ0v) is 35.2. The lowest BCUT2D eigenvalue weighted by atomic mass is 9.92. The Hall–Kier alpha value is -6.20. The first-order valence-electron chi connectivity index (χ1n) is 20.6. The third kappa shape index (κ3) is 7.60. The quantitative estimate of drug-likeness (QED) is 0.0966. The summed E-state index contributed by atoms with van der Waals surface area (Å²) in [4.78, 5) is 71.5. The van der Waals surface area contributed by atoms with E-state index in [-0.39, 0.29) is 30.1 Å². The number of benzene rings is 3. The van der Waals surface area contributed by atoms with E-state index in [2.05, 4.69) is 38.8 Å². The fourth-order valence-corrected chi connectivity index (χ4v) is 9.21. The minimum absolute atomic E-state index is 0.130. The zero-order chi connectivity index (χ0) is 43.5. The van der Waals surface area contributed by atoms with Gasteiger partial charge in [-0.25, -0.2) is 19.6 Å². The molecule has 6 N–H and O–H groups in total. The first kappa shape index (κ1) is 41.5. The Morgan fingerprint density at radius 2 is 1.61 bits per heavy atom. The molecule has 3 aromatic carbocycles. The number of aromatic amines is 2. The van der Waals surface area contributed by atoms with Crippen molar-refractivity contribution in [2.24, 2.45) is 0 Å². The minimum Gasteiger partial charge on any atom is -0.488 e. The average Bonchev–Trinajstić information content (AvgIpc) is 4.05. The molecule has 17 heteroatoms. The number of amides is 4. The normalized spacial score (nSPS) is 21.4. The molecule has 0 spiro atoms. The number of alkyl carbamates (subject to hydrolysis) is 1. The van der Waals surface area contributed by atoms with Gasteiger partial charge >= 0.3 is 12.2 Å². The van der Waals surface area contributed by atoms with E-state index < -0.39 is 41.9 Å². The number of H-pyrrole nitrogens is 2. The number of nitrogens with zero attached hydrogens (tertiary/aromatic N) is 4. The third-order valence-corrected chi connectivity index (χ3v) is 12.5. The zero-order valence-electron chi connectivity index (χ0n) is 35.2. The summed E-state index contributed by atoms with van der Waals surface area (Å²) in [7, 11) is 2.66. The van der Waals surface area contributed by atoms with Gasteiger partial charge in [-0.05, 0) is 107 Å². The van der Waals surface area contributed by atoms with Crippen molar-refractivity contribution in [2.45, 2.75) is 115 Å². The Kier molecular flexibility index (Phi) is 10.9. The molecule has 17 nitrogen and oxygen atoms in total. The number of aromatic nitrogens is 4. The van der Waals surface area contributed by atoms with Crippen LogP contribution in [-0.4, -0.2) is 114 Å². The van der Waals surface area contributed by atoms with E-state index in [1.807, 2.05) is 38.1 Å². The summed E-state index contributed by atoms with van der Waals surface area (Å²) in [5.74, 6) is 1.20. The highest BCUT2D eigenvalue weighted by atomic mass is 16.5. The maximum atomic E-state index is 13.9. The molecule has 5 aromatic rings. The Morgan fingerprint density at radius 3 is 2.28 bits per heavy atom. The Labute approximate surface area is 352 Å². The molecule has 4 amide bonds. The van der Waals surface area contributed by atoms with Crippen LogP contribution in [0, 0.1) is 0 Å². The maximum Gasteiger partial charge on any atom is 0.407 e. The average molecular weight is 837 g/mol.